The van der Waals surface area contributed by atoms with E-state index in [4.69, 9.17) is 5.73 Å². The Kier molecular flexibility index (Phi) is 6.31. The first-order valence-corrected chi connectivity index (χ1v) is 10.7. The molecule has 30 heavy (non-hydrogen) atoms. The monoisotopic (exact) mass is 402 g/mol. The number of carbonyl (C=O) groups is 1. The van der Waals surface area contributed by atoms with Crippen molar-refractivity contribution in [3.05, 3.63) is 77.9 Å². The Morgan fingerprint density at radius 3 is 2.67 bits per heavy atom. The van der Waals surface area contributed by atoms with Crippen LogP contribution in [0.25, 0.3) is 10.8 Å². The predicted octanol–water partition coefficient (Wildman–Crippen LogP) is 3.46. The van der Waals surface area contributed by atoms with Gasteiger partial charge in [0.2, 0.25) is 0 Å². The van der Waals surface area contributed by atoms with Gasteiger partial charge in [-0.15, -0.1) is 0 Å². The molecule has 1 heterocycles. The van der Waals surface area contributed by atoms with Crippen LogP contribution in [0, 0.1) is 0 Å². The zero-order valence-corrected chi connectivity index (χ0v) is 17.5. The predicted molar refractivity (Wildman–Crippen MR) is 124 cm³/mol. The number of amides is 1. The number of nitrogens with zero attached hydrogens (tertiary/aromatic N) is 1. The van der Waals surface area contributed by atoms with E-state index in [9.17, 15) is 4.79 Å². The van der Waals surface area contributed by atoms with Gasteiger partial charge >= 0.3 is 0 Å². The molecule has 4 N–H and O–H groups in total. The summed E-state index contributed by atoms with van der Waals surface area (Å²) in [6, 6.07) is 23.7. The Morgan fingerprint density at radius 1 is 1.10 bits per heavy atom. The smallest absolute Gasteiger partial charge is 0.251 e. The normalized spacial score (nSPS) is 17.3. The molecule has 5 nitrogen and oxygen atoms in total. The molecule has 2 atom stereocenters. The average molecular weight is 403 g/mol. The Morgan fingerprint density at radius 2 is 1.87 bits per heavy atom. The van der Waals surface area contributed by atoms with Gasteiger partial charge in [-0.3, -0.25) is 4.79 Å². The summed E-state index contributed by atoms with van der Waals surface area (Å²) >= 11 is 0. The topological polar surface area (TPSA) is 70.4 Å². The minimum atomic E-state index is -0.0723. The quantitative estimate of drug-likeness (QED) is 0.566. The van der Waals surface area contributed by atoms with E-state index in [0.717, 1.165) is 25.2 Å². The molecule has 0 unspecified atom stereocenters. The molecule has 0 aromatic heterocycles. The molecule has 1 aliphatic heterocycles. The number of hydrogen-bond donors (Lipinski definition) is 3. The number of benzene rings is 3. The fourth-order valence-corrected chi connectivity index (χ4v) is 4.31. The maximum Gasteiger partial charge on any atom is 0.251 e. The lowest BCUT2D eigenvalue weighted by atomic mass is 9.99. The van der Waals surface area contributed by atoms with Gasteiger partial charge in [0.15, 0.2) is 0 Å². The van der Waals surface area contributed by atoms with E-state index in [2.05, 4.69) is 64.9 Å². The van der Waals surface area contributed by atoms with Crippen molar-refractivity contribution in [1.82, 2.24) is 10.6 Å². The zero-order valence-electron chi connectivity index (χ0n) is 17.5. The summed E-state index contributed by atoms with van der Waals surface area (Å²) in [5, 5.41) is 9.23. The lowest BCUT2D eigenvalue weighted by Crippen LogP contribution is -2.34. The summed E-state index contributed by atoms with van der Waals surface area (Å²) in [4.78, 5) is 14.4. The standard InChI is InChI=1S/C25H30N4O/c1-18(23-8-4-6-19-5-2-3-7-24(19)23)28-21-13-16-29(17-21)22-11-9-20(10-12-22)25(30)27-15-14-26/h2-12,18,21,28H,13-17,26H2,1H3,(H,27,30)/t18-,21+/m1/s1. The fraction of sp³-hybridized carbons (Fsp3) is 0.320. The van der Waals surface area contributed by atoms with Gasteiger partial charge in [0.1, 0.15) is 0 Å². The van der Waals surface area contributed by atoms with Crippen molar-refractivity contribution in [3.63, 3.8) is 0 Å². The molecule has 1 amide bonds. The number of nitrogens with two attached hydrogens (primary N) is 1. The number of hydrogen-bond acceptors (Lipinski definition) is 4. The van der Waals surface area contributed by atoms with Gasteiger partial charge in [-0.25, -0.2) is 0 Å². The van der Waals surface area contributed by atoms with E-state index in [1.54, 1.807) is 0 Å². The van der Waals surface area contributed by atoms with Crippen LogP contribution in [0.4, 0.5) is 5.69 Å². The van der Waals surface area contributed by atoms with Crippen molar-refractivity contribution in [2.24, 2.45) is 5.73 Å². The van der Waals surface area contributed by atoms with Gasteiger partial charge in [0.25, 0.3) is 5.91 Å². The second-order valence-electron chi connectivity index (χ2n) is 7.98. The van der Waals surface area contributed by atoms with Crippen LogP contribution < -0.4 is 21.3 Å². The molecule has 0 spiro atoms. The minimum absolute atomic E-state index is 0.0723. The van der Waals surface area contributed by atoms with E-state index >= 15 is 0 Å². The van der Waals surface area contributed by atoms with Crippen molar-refractivity contribution < 1.29 is 4.79 Å². The van der Waals surface area contributed by atoms with Crippen LogP contribution in [-0.4, -0.2) is 38.1 Å². The summed E-state index contributed by atoms with van der Waals surface area (Å²) in [6.45, 7) is 5.17. The van der Waals surface area contributed by atoms with E-state index < -0.39 is 0 Å². The molecular weight excluding hydrogens is 372 g/mol. The highest BCUT2D eigenvalue weighted by atomic mass is 16.1. The maximum absolute atomic E-state index is 12.0. The average Bonchev–Trinajstić information content (AvgIpc) is 3.25. The van der Waals surface area contributed by atoms with E-state index in [0.29, 0.717) is 24.7 Å². The highest BCUT2D eigenvalue weighted by molar-refractivity contribution is 5.94. The summed E-state index contributed by atoms with van der Waals surface area (Å²) < 4.78 is 0. The van der Waals surface area contributed by atoms with Crippen LogP contribution in [0.15, 0.2) is 66.7 Å². The highest BCUT2D eigenvalue weighted by Gasteiger charge is 2.24. The first-order chi connectivity index (χ1) is 14.7. The molecule has 0 aliphatic carbocycles. The summed E-state index contributed by atoms with van der Waals surface area (Å²) in [5.41, 5.74) is 8.62. The molecule has 5 heteroatoms. The zero-order chi connectivity index (χ0) is 20.9. The van der Waals surface area contributed by atoms with Crippen LogP contribution in [-0.2, 0) is 0 Å². The van der Waals surface area contributed by atoms with Gasteiger partial charge in [0, 0.05) is 49.5 Å². The molecule has 0 bridgehead atoms. The molecular formula is C25H30N4O. The van der Waals surface area contributed by atoms with Crippen molar-refractivity contribution in [1.29, 1.82) is 0 Å². The number of fused-ring (bicyclic) bond motifs is 1. The van der Waals surface area contributed by atoms with Gasteiger partial charge in [-0.05, 0) is 53.9 Å². The van der Waals surface area contributed by atoms with Crippen molar-refractivity contribution in [2.75, 3.05) is 31.1 Å². The van der Waals surface area contributed by atoms with E-state index in [-0.39, 0.29) is 11.9 Å². The van der Waals surface area contributed by atoms with E-state index in [1.165, 1.54) is 16.3 Å². The van der Waals surface area contributed by atoms with Crippen molar-refractivity contribution in [3.8, 4) is 0 Å². The van der Waals surface area contributed by atoms with Gasteiger partial charge in [0.05, 0.1) is 0 Å². The van der Waals surface area contributed by atoms with Crippen LogP contribution in [0.1, 0.15) is 35.3 Å². The molecule has 1 saturated heterocycles. The highest BCUT2D eigenvalue weighted by Crippen LogP contribution is 2.26. The van der Waals surface area contributed by atoms with Gasteiger partial charge < -0.3 is 21.3 Å². The second kappa shape index (κ2) is 9.28. The van der Waals surface area contributed by atoms with Crippen LogP contribution in [0.2, 0.25) is 0 Å². The first-order valence-electron chi connectivity index (χ1n) is 10.7. The number of nitrogens with one attached hydrogen (secondary N) is 2. The molecule has 3 aromatic rings. The number of rotatable bonds is 7. The first kappa shape index (κ1) is 20.4. The molecule has 156 valence electrons. The summed E-state index contributed by atoms with van der Waals surface area (Å²) in [6.07, 6.45) is 1.11. The van der Waals surface area contributed by atoms with Gasteiger partial charge in [-0.2, -0.15) is 0 Å². The van der Waals surface area contributed by atoms with Crippen LogP contribution in [0.3, 0.4) is 0 Å². The Bertz CT molecular complexity index is 996. The molecule has 4 rings (SSSR count). The second-order valence-corrected chi connectivity index (χ2v) is 7.98. The summed E-state index contributed by atoms with van der Waals surface area (Å²) in [7, 11) is 0. The molecule has 1 fully saturated rings. The molecule has 1 aliphatic rings. The van der Waals surface area contributed by atoms with Crippen molar-refractivity contribution >= 4 is 22.4 Å². The number of carbonyl (C=O) groups excluding carboxylic acids is 1. The van der Waals surface area contributed by atoms with Crippen LogP contribution in [0.5, 0.6) is 0 Å². The Labute approximate surface area is 178 Å². The lowest BCUT2D eigenvalue weighted by Gasteiger charge is -2.23. The maximum atomic E-state index is 12.0. The SMILES string of the molecule is C[C@@H](N[C@H]1CCN(c2ccc(C(=O)NCCN)cc2)C1)c1cccc2ccccc12. The van der Waals surface area contributed by atoms with E-state index in [1.807, 2.05) is 24.3 Å². The number of anilines is 1. The Hall–Kier alpha value is -2.89. The molecule has 3 aromatic carbocycles. The third kappa shape index (κ3) is 4.48. The molecule has 0 saturated carbocycles. The van der Waals surface area contributed by atoms with Crippen molar-refractivity contribution in [2.45, 2.75) is 25.4 Å². The Balaban J connectivity index is 1.38. The van der Waals surface area contributed by atoms with Crippen LogP contribution >= 0.6 is 0 Å². The largest absolute Gasteiger partial charge is 0.370 e. The summed E-state index contributed by atoms with van der Waals surface area (Å²) in [5.74, 6) is -0.0723. The lowest BCUT2D eigenvalue weighted by molar-refractivity contribution is 0.0955. The molecule has 0 radical (unpaired) electrons. The van der Waals surface area contributed by atoms with Gasteiger partial charge in [-0.1, -0.05) is 42.5 Å². The third-order valence-corrected chi connectivity index (χ3v) is 5.89. The fourth-order valence-electron chi connectivity index (χ4n) is 4.31. The minimum Gasteiger partial charge on any atom is -0.370 e. The third-order valence-electron chi connectivity index (χ3n) is 5.89.